The van der Waals surface area contributed by atoms with Crippen molar-refractivity contribution in [2.75, 3.05) is 26.2 Å². The molecule has 3 saturated carbocycles. The third-order valence-electron chi connectivity index (χ3n) is 9.38. The van der Waals surface area contributed by atoms with E-state index in [4.69, 9.17) is 4.74 Å². The molecule has 4 rings (SSSR count). The van der Waals surface area contributed by atoms with Crippen molar-refractivity contribution in [2.24, 2.45) is 23.2 Å². The first-order valence-corrected chi connectivity index (χ1v) is 13.2. The third-order valence-corrected chi connectivity index (χ3v) is 9.38. The van der Waals surface area contributed by atoms with Gasteiger partial charge in [0.2, 0.25) is 0 Å². The van der Waals surface area contributed by atoms with Gasteiger partial charge in [-0.15, -0.1) is 0 Å². The van der Waals surface area contributed by atoms with Crippen molar-refractivity contribution in [1.82, 2.24) is 4.90 Å². The standard InChI is InChI=1S/C28H43F2NO3/c1-18(10-12-31-13-14-34-26(17-31)27(29)30)22-8-9-23-21(5-4-11-28(22,23)3)7-6-20-15-24(32)19(2)25(33)16-20/h6-7,18,22-27,32-33H,2,4-5,8-17H2,1,3H3/b21-7+/t18-,22-,23+,24-,25-,26-,28-/m1/s1. The Bertz CT molecular complexity index is 781. The average molecular weight is 480 g/mol. The fraction of sp³-hybridized carbons (Fsp3) is 0.786. The fourth-order valence-electron chi connectivity index (χ4n) is 7.31. The molecule has 34 heavy (non-hydrogen) atoms. The first-order valence-electron chi connectivity index (χ1n) is 13.2. The number of fused-ring (bicyclic) bond motifs is 1. The fourth-order valence-corrected chi connectivity index (χ4v) is 7.31. The molecule has 0 radical (unpaired) electrons. The highest BCUT2D eigenvalue weighted by molar-refractivity contribution is 5.29. The molecule has 0 spiro atoms. The van der Waals surface area contributed by atoms with E-state index in [2.05, 4.69) is 37.5 Å². The first-order chi connectivity index (χ1) is 16.2. The van der Waals surface area contributed by atoms with Crippen molar-refractivity contribution in [1.29, 1.82) is 0 Å². The molecule has 4 aliphatic rings. The zero-order valence-electron chi connectivity index (χ0n) is 20.9. The van der Waals surface area contributed by atoms with Crippen molar-refractivity contribution in [3.63, 3.8) is 0 Å². The molecule has 0 aromatic rings. The smallest absolute Gasteiger partial charge is 0.265 e. The number of halogens is 2. The van der Waals surface area contributed by atoms with E-state index < -0.39 is 24.7 Å². The van der Waals surface area contributed by atoms with Gasteiger partial charge in [-0.2, -0.15) is 0 Å². The number of hydrogen-bond donors (Lipinski definition) is 2. The minimum atomic E-state index is -2.41. The van der Waals surface area contributed by atoms with Gasteiger partial charge in [-0.25, -0.2) is 8.78 Å². The van der Waals surface area contributed by atoms with Gasteiger partial charge in [-0.3, -0.25) is 4.90 Å². The summed E-state index contributed by atoms with van der Waals surface area (Å²) < 4.78 is 31.3. The monoisotopic (exact) mass is 479 g/mol. The number of allylic oxidation sites excluding steroid dienone is 3. The molecule has 4 fully saturated rings. The largest absolute Gasteiger partial charge is 0.388 e. The Balaban J connectivity index is 1.37. The molecule has 4 nitrogen and oxygen atoms in total. The number of nitrogens with zero attached hydrogens (tertiary/aromatic N) is 1. The maximum atomic E-state index is 13.1. The molecular weight excluding hydrogens is 436 g/mol. The second-order valence-electron chi connectivity index (χ2n) is 11.5. The Morgan fingerprint density at radius 3 is 2.65 bits per heavy atom. The van der Waals surface area contributed by atoms with E-state index in [1.54, 1.807) is 0 Å². The second-order valence-corrected chi connectivity index (χ2v) is 11.5. The summed E-state index contributed by atoms with van der Waals surface area (Å²) in [5.41, 5.74) is 3.45. The van der Waals surface area contributed by atoms with Crippen molar-refractivity contribution >= 4 is 0 Å². The van der Waals surface area contributed by atoms with E-state index in [1.165, 1.54) is 31.3 Å². The van der Waals surface area contributed by atoms with Crippen LogP contribution >= 0.6 is 0 Å². The lowest BCUT2D eigenvalue weighted by atomic mass is 9.61. The highest BCUT2D eigenvalue weighted by Gasteiger charge is 2.50. The number of aliphatic hydroxyl groups excluding tert-OH is 2. The molecule has 7 atom stereocenters. The molecule has 0 bridgehead atoms. The molecule has 0 aromatic carbocycles. The van der Waals surface area contributed by atoms with Crippen LogP contribution in [-0.2, 0) is 4.74 Å². The van der Waals surface area contributed by atoms with E-state index >= 15 is 0 Å². The van der Waals surface area contributed by atoms with Gasteiger partial charge in [0.05, 0.1) is 18.8 Å². The molecule has 2 N–H and O–H groups in total. The summed E-state index contributed by atoms with van der Waals surface area (Å²) in [4.78, 5) is 2.16. The number of morpholine rings is 1. The van der Waals surface area contributed by atoms with Crippen LogP contribution in [0.5, 0.6) is 0 Å². The molecule has 1 saturated heterocycles. The van der Waals surface area contributed by atoms with E-state index in [9.17, 15) is 19.0 Å². The summed E-state index contributed by atoms with van der Waals surface area (Å²) in [6, 6.07) is 0. The molecule has 0 aromatic heterocycles. The Morgan fingerprint density at radius 2 is 1.94 bits per heavy atom. The van der Waals surface area contributed by atoms with Crippen LogP contribution in [0.3, 0.4) is 0 Å². The number of aliphatic hydroxyl groups is 2. The molecule has 0 unspecified atom stereocenters. The van der Waals surface area contributed by atoms with Crippen LogP contribution in [0.4, 0.5) is 8.78 Å². The van der Waals surface area contributed by atoms with Crippen LogP contribution in [0.15, 0.2) is 35.5 Å². The predicted molar refractivity (Wildman–Crippen MR) is 131 cm³/mol. The van der Waals surface area contributed by atoms with Gasteiger partial charge in [0.15, 0.2) is 0 Å². The number of alkyl halides is 2. The van der Waals surface area contributed by atoms with Gasteiger partial charge >= 0.3 is 0 Å². The van der Waals surface area contributed by atoms with Gasteiger partial charge in [0.25, 0.3) is 6.43 Å². The topological polar surface area (TPSA) is 52.9 Å². The van der Waals surface area contributed by atoms with Crippen molar-refractivity contribution < 1.29 is 23.7 Å². The summed E-state index contributed by atoms with van der Waals surface area (Å²) in [5.74, 6) is 1.81. The maximum absolute atomic E-state index is 13.1. The van der Waals surface area contributed by atoms with Crippen LogP contribution in [0, 0.1) is 23.2 Å². The quantitative estimate of drug-likeness (QED) is 0.519. The summed E-state index contributed by atoms with van der Waals surface area (Å²) in [6.45, 7) is 11.0. The van der Waals surface area contributed by atoms with Gasteiger partial charge in [-0.05, 0) is 86.7 Å². The second kappa shape index (κ2) is 10.9. The summed E-state index contributed by atoms with van der Waals surface area (Å²) in [6.07, 6.45) is 8.00. The summed E-state index contributed by atoms with van der Waals surface area (Å²) >= 11 is 0. The van der Waals surface area contributed by atoms with Crippen molar-refractivity contribution in [3.8, 4) is 0 Å². The highest BCUT2D eigenvalue weighted by atomic mass is 19.3. The lowest BCUT2D eigenvalue weighted by molar-refractivity contribution is -0.103. The Labute approximate surface area is 203 Å². The van der Waals surface area contributed by atoms with E-state index in [1.807, 2.05) is 0 Å². The van der Waals surface area contributed by atoms with Crippen LogP contribution in [0.2, 0.25) is 0 Å². The summed E-state index contributed by atoms with van der Waals surface area (Å²) in [5, 5.41) is 20.3. The van der Waals surface area contributed by atoms with E-state index in [0.29, 0.717) is 54.7 Å². The lowest BCUT2D eigenvalue weighted by Crippen LogP contribution is -2.46. The maximum Gasteiger partial charge on any atom is 0.265 e. The first kappa shape index (κ1) is 26.0. The number of rotatable bonds is 6. The van der Waals surface area contributed by atoms with E-state index in [-0.39, 0.29) is 0 Å². The number of ether oxygens (including phenoxy) is 1. The SMILES string of the molecule is C=C1[C@H](O)CC(=C/C=C2\CCC[C@]3(C)[C@@H]([C@H](C)CCN4CCO[C@@H](C(F)F)C4)CC[C@@H]23)C[C@H]1O. The van der Waals surface area contributed by atoms with Crippen LogP contribution in [0.25, 0.3) is 0 Å². The molecule has 0 amide bonds. The lowest BCUT2D eigenvalue weighted by Gasteiger charge is -2.45. The minimum Gasteiger partial charge on any atom is -0.388 e. The average Bonchev–Trinajstić information content (AvgIpc) is 3.17. The summed E-state index contributed by atoms with van der Waals surface area (Å²) in [7, 11) is 0. The minimum absolute atomic E-state index is 0.290. The zero-order valence-corrected chi connectivity index (χ0v) is 20.9. The normalized spacial score (nSPS) is 39.5. The third kappa shape index (κ3) is 5.50. The number of hydrogen-bond acceptors (Lipinski definition) is 4. The van der Waals surface area contributed by atoms with Gasteiger partial charge < -0.3 is 14.9 Å². The molecular formula is C28H43F2NO3. The van der Waals surface area contributed by atoms with Gasteiger partial charge in [0, 0.05) is 13.1 Å². The van der Waals surface area contributed by atoms with Crippen molar-refractivity contribution in [3.05, 3.63) is 35.5 Å². The van der Waals surface area contributed by atoms with Crippen molar-refractivity contribution in [2.45, 2.75) is 90.0 Å². The predicted octanol–water partition coefficient (Wildman–Crippen LogP) is 5.12. The van der Waals surface area contributed by atoms with Gasteiger partial charge in [0.1, 0.15) is 6.10 Å². The van der Waals surface area contributed by atoms with Gasteiger partial charge in [-0.1, -0.05) is 43.7 Å². The Hall–Kier alpha value is -1.08. The van der Waals surface area contributed by atoms with Crippen LogP contribution in [0.1, 0.15) is 65.2 Å². The zero-order chi connectivity index (χ0) is 24.5. The van der Waals surface area contributed by atoms with Crippen LogP contribution < -0.4 is 0 Å². The van der Waals surface area contributed by atoms with Crippen LogP contribution in [-0.4, -0.2) is 66.1 Å². The highest BCUT2D eigenvalue weighted by Crippen LogP contribution is 2.59. The molecule has 192 valence electrons. The van der Waals surface area contributed by atoms with E-state index in [0.717, 1.165) is 31.5 Å². The molecule has 1 heterocycles. The molecule has 6 heteroatoms. The Kier molecular flexibility index (Phi) is 8.33. The molecule has 3 aliphatic carbocycles. The Morgan fingerprint density at radius 1 is 1.21 bits per heavy atom. The molecule has 1 aliphatic heterocycles.